The van der Waals surface area contributed by atoms with Gasteiger partial charge in [-0.25, -0.2) is 4.79 Å². The van der Waals surface area contributed by atoms with Gasteiger partial charge >= 0.3 is 5.97 Å². The van der Waals surface area contributed by atoms with Crippen LogP contribution in [0.4, 0.5) is 0 Å². The highest BCUT2D eigenvalue weighted by molar-refractivity contribution is 9.10. The molecule has 23 heavy (non-hydrogen) atoms. The van der Waals surface area contributed by atoms with Gasteiger partial charge in [0.15, 0.2) is 11.4 Å². The maximum Gasteiger partial charge on any atom is 0.349 e. The van der Waals surface area contributed by atoms with E-state index in [1.54, 1.807) is 13.8 Å². The summed E-state index contributed by atoms with van der Waals surface area (Å²) in [6.07, 6.45) is 1.46. The van der Waals surface area contributed by atoms with Crippen molar-refractivity contribution in [1.82, 2.24) is 0 Å². The smallest absolute Gasteiger partial charge is 0.349 e. The number of ether oxygens (including phenoxy) is 2. The zero-order chi connectivity index (χ0) is 17.2. The van der Waals surface area contributed by atoms with Gasteiger partial charge < -0.3 is 20.3 Å². The second-order valence-corrected chi connectivity index (χ2v) is 5.03. The lowest BCUT2D eigenvalue weighted by atomic mass is 10.2. The van der Waals surface area contributed by atoms with Crippen LogP contribution >= 0.6 is 15.9 Å². The Kier molecular flexibility index (Phi) is 7.82. The van der Waals surface area contributed by atoms with Crippen molar-refractivity contribution in [3.05, 3.63) is 45.8 Å². The molecular formula is C15H18BrN3O4. The lowest BCUT2D eigenvalue weighted by molar-refractivity contribution is -0.138. The lowest BCUT2D eigenvalue weighted by Crippen LogP contribution is -2.25. The van der Waals surface area contributed by atoms with Crippen LogP contribution in [0.3, 0.4) is 0 Å². The number of aliphatic hydroxyl groups excluding tert-OH is 1. The Labute approximate surface area is 142 Å². The van der Waals surface area contributed by atoms with Crippen molar-refractivity contribution < 1.29 is 19.4 Å². The van der Waals surface area contributed by atoms with Crippen LogP contribution in [0, 0.1) is 0 Å². The molecule has 1 aromatic rings. The molecule has 0 heterocycles. The molecule has 0 aromatic heterocycles. The van der Waals surface area contributed by atoms with E-state index in [1.807, 2.05) is 24.3 Å². The number of hydrogen-bond acceptors (Lipinski definition) is 6. The Hall–Kier alpha value is -2.35. The molecule has 0 bridgehead atoms. The van der Waals surface area contributed by atoms with Crippen LogP contribution in [-0.2, 0) is 14.3 Å². The molecule has 0 amide bonds. The van der Waals surface area contributed by atoms with Crippen LogP contribution in [0.25, 0.3) is 0 Å². The summed E-state index contributed by atoms with van der Waals surface area (Å²) in [4.78, 5) is 11.8. The maximum absolute atomic E-state index is 11.8. The molecule has 8 heteroatoms. The molecule has 0 spiro atoms. The zero-order valence-corrected chi connectivity index (χ0v) is 14.4. The second-order valence-electron chi connectivity index (χ2n) is 4.12. The highest BCUT2D eigenvalue weighted by Crippen LogP contribution is 2.10. The number of rotatable bonds is 7. The van der Waals surface area contributed by atoms with Crippen molar-refractivity contribution >= 4 is 33.9 Å². The van der Waals surface area contributed by atoms with E-state index in [9.17, 15) is 9.90 Å². The Balaban J connectivity index is 3.02. The molecule has 1 rings (SSSR count). The minimum absolute atomic E-state index is 0.121. The average Bonchev–Trinajstić information content (AvgIpc) is 2.48. The van der Waals surface area contributed by atoms with Crippen LogP contribution in [0.2, 0.25) is 0 Å². The summed E-state index contributed by atoms with van der Waals surface area (Å²) < 4.78 is 10.6. The fourth-order valence-electron chi connectivity index (χ4n) is 1.51. The first-order valence-electron chi connectivity index (χ1n) is 6.85. The van der Waals surface area contributed by atoms with E-state index in [2.05, 4.69) is 26.1 Å². The second kappa shape index (κ2) is 9.62. The number of nitrogens with zero attached hydrogens (tertiary/aromatic N) is 2. The molecular weight excluding hydrogens is 366 g/mol. The molecule has 0 atom stereocenters. The number of carbonyl (C=O) groups excluding carboxylic acids is 1. The van der Waals surface area contributed by atoms with Gasteiger partial charge in [-0.3, -0.25) is 0 Å². The number of aliphatic hydroxyl groups is 1. The molecule has 7 nitrogen and oxygen atoms in total. The molecule has 1 aromatic carbocycles. The molecule has 0 aliphatic heterocycles. The highest BCUT2D eigenvalue weighted by Gasteiger charge is 2.22. The first-order valence-corrected chi connectivity index (χ1v) is 7.64. The molecule has 3 N–H and O–H groups in total. The van der Waals surface area contributed by atoms with E-state index in [0.717, 1.165) is 10.0 Å². The summed E-state index contributed by atoms with van der Waals surface area (Å²) in [7, 11) is 0. The quantitative estimate of drug-likeness (QED) is 0.188. The van der Waals surface area contributed by atoms with Gasteiger partial charge in [0, 0.05) is 4.47 Å². The summed E-state index contributed by atoms with van der Waals surface area (Å²) >= 11 is 3.34. The van der Waals surface area contributed by atoms with Crippen LogP contribution in [0.5, 0.6) is 0 Å². The average molecular weight is 384 g/mol. The van der Waals surface area contributed by atoms with Crippen molar-refractivity contribution in [2.24, 2.45) is 15.9 Å². The summed E-state index contributed by atoms with van der Waals surface area (Å²) in [5.41, 5.74) is 6.13. The van der Waals surface area contributed by atoms with E-state index in [0.29, 0.717) is 0 Å². The summed E-state index contributed by atoms with van der Waals surface area (Å²) in [5, 5.41) is 17.3. The monoisotopic (exact) mass is 383 g/mol. The Morgan fingerprint density at radius 3 is 2.65 bits per heavy atom. The van der Waals surface area contributed by atoms with Crippen LogP contribution in [0.1, 0.15) is 19.4 Å². The number of amidine groups is 1. The number of benzene rings is 1. The van der Waals surface area contributed by atoms with Gasteiger partial charge in [0.2, 0.25) is 0 Å². The van der Waals surface area contributed by atoms with E-state index >= 15 is 0 Å². The number of hydrogen-bond donors (Lipinski definition) is 2. The lowest BCUT2D eigenvalue weighted by Gasteiger charge is -2.08. The molecule has 124 valence electrons. The largest absolute Gasteiger partial charge is 0.480 e. The van der Waals surface area contributed by atoms with Gasteiger partial charge in [0.05, 0.1) is 19.4 Å². The van der Waals surface area contributed by atoms with Gasteiger partial charge in [0.25, 0.3) is 5.95 Å². The third-order valence-electron chi connectivity index (χ3n) is 2.45. The van der Waals surface area contributed by atoms with Gasteiger partial charge in [-0.1, -0.05) is 28.1 Å². The van der Waals surface area contributed by atoms with Crippen molar-refractivity contribution in [3.63, 3.8) is 0 Å². The maximum atomic E-state index is 11.8. The molecule has 0 saturated heterocycles. The predicted octanol–water partition coefficient (Wildman–Crippen LogP) is 2.51. The van der Waals surface area contributed by atoms with E-state index in [-0.39, 0.29) is 24.6 Å². The van der Waals surface area contributed by atoms with Gasteiger partial charge in [0.1, 0.15) is 0 Å². The third-order valence-corrected chi connectivity index (χ3v) is 2.94. The molecule has 0 unspecified atom stereocenters. The number of halogens is 1. The third kappa shape index (κ3) is 6.11. The Bertz CT molecular complexity index is 641. The van der Waals surface area contributed by atoms with Crippen molar-refractivity contribution in [2.45, 2.75) is 13.8 Å². The van der Waals surface area contributed by atoms with Crippen LogP contribution in [-0.4, -0.2) is 36.3 Å². The number of esters is 1. The SMILES string of the molecule is CCOC(=O)C(/C(N)=N\N=C\c1cccc(Br)c1)=C(\O)OCC. The first kappa shape index (κ1) is 18.7. The standard InChI is InChI=1S/C15H18BrN3O4/c1-3-22-14(20)12(15(21)23-4-2)13(17)19-18-9-10-6-5-7-11(16)8-10/h5-9,20H,3-4H2,1-2H3,(H2,17,19)/b14-12+,18-9+. The fraction of sp³-hybridized carbons (Fsp3) is 0.267. The molecule has 0 saturated carbocycles. The minimum Gasteiger partial charge on any atom is -0.480 e. The van der Waals surface area contributed by atoms with E-state index in [4.69, 9.17) is 15.2 Å². The highest BCUT2D eigenvalue weighted by atomic mass is 79.9. The van der Waals surface area contributed by atoms with Crippen molar-refractivity contribution in [1.29, 1.82) is 0 Å². The van der Waals surface area contributed by atoms with Gasteiger partial charge in [-0.15, -0.1) is 5.10 Å². The van der Waals surface area contributed by atoms with Gasteiger partial charge in [-0.05, 0) is 31.5 Å². The normalized spacial score (nSPS) is 12.9. The Morgan fingerprint density at radius 2 is 2.04 bits per heavy atom. The fourth-order valence-corrected chi connectivity index (χ4v) is 1.93. The minimum atomic E-state index is -0.836. The topological polar surface area (TPSA) is 107 Å². The molecule has 0 radical (unpaired) electrons. The first-order chi connectivity index (χ1) is 11.0. The molecule has 0 aliphatic rings. The summed E-state index contributed by atoms with van der Waals surface area (Å²) in [5.74, 6) is -1.79. The van der Waals surface area contributed by atoms with Crippen LogP contribution in [0.15, 0.2) is 50.5 Å². The predicted molar refractivity (Wildman–Crippen MR) is 91.3 cm³/mol. The van der Waals surface area contributed by atoms with Crippen LogP contribution < -0.4 is 5.73 Å². The van der Waals surface area contributed by atoms with Crippen molar-refractivity contribution in [3.8, 4) is 0 Å². The number of nitrogens with two attached hydrogens (primary N) is 1. The molecule has 0 fully saturated rings. The summed E-state index contributed by atoms with van der Waals surface area (Å²) in [6, 6.07) is 7.36. The van der Waals surface area contributed by atoms with E-state index < -0.39 is 11.9 Å². The molecule has 0 aliphatic carbocycles. The zero-order valence-electron chi connectivity index (χ0n) is 12.8. The van der Waals surface area contributed by atoms with Crippen molar-refractivity contribution in [2.75, 3.05) is 13.2 Å². The Morgan fingerprint density at radius 1 is 1.35 bits per heavy atom. The van der Waals surface area contributed by atoms with Gasteiger partial charge in [-0.2, -0.15) is 5.10 Å². The van der Waals surface area contributed by atoms with E-state index in [1.165, 1.54) is 6.21 Å². The summed E-state index contributed by atoms with van der Waals surface area (Å²) in [6.45, 7) is 3.56. The number of carbonyl (C=O) groups is 1.